The third-order valence-electron chi connectivity index (χ3n) is 3.04. The molecule has 0 bridgehead atoms. The second-order valence-electron chi connectivity index (χ2n) is 6.34. The SMILES string of the molecule is C[N]C(=O)[C@H](CNS(=O)(=O)c1ccccc1[N+](=O)[O-])NC(=O)OC(C)(C)C. The first kappa shape index (κ1) is 22.3. The summed E-state index contributed by atoms with van der Waals surface area (Å²) in [5.74, 6) is -0.800. The van der Waals surface area contributed by atoms with Crippen LogP contribution in [0.1, 0.15) is 20.8 Å². The predicted molar refractivity (Wildman–Crippen MR) is 94.5 cm³/mol. The lowest BCUT2D eigenvalue weighted by Crippen LogP contribution is -2.51. The van der Waals surface area contributed by atoms with Crippen LogP contribution < -0.4 is 15.4 Å². The van der Waals surface area contributed by atoms with Gasteiger partial charge in [0.2, 0.25) is 10.0 Å². The Morgan fingerprint density at radius 1 is 1.30 bits per heavy atom. The van der Waals surface area contributed by atoms with Gasteiger partial charge in [0.15, 0.2) is 4.90 Å². The van der Waals surface area contributed by atoms with Crippen LogP contribution in [0.5, 0.6) is 0 Å². The smallest absolute Gasteiger partial charge is 0.408 e. The van der Waals surface area contributed by atoms with Crippen LogP contribution in [0, 0.1) is 10.1 Å². The van der Waals surface area contributed by atoms with Gasteiger partial charge in [0.25, 0.3) is 11.6 Å². The molecule has 27 heavy (non-hydrogen) atoms. The number of benzene rings is 1. The monoisotopic (exact) mass is 401 g/mol. The molecule has 0 saturated carbocycles. The molecule has 149 valence electrons. The summed E-state index contributed by atoms with van der Waals surface area (Å²) in [5.41, 5.74) is -1.45. The molecule has 0 fully saturated rings. The number of nitro benzene ring substituents is 1. The lowest BCUT2D eigenvalue weighted by molar-refractivity contribution is -0.387. The molecule has 1 atom stereocenters. The summed E-state index contributed by atoms with van der Waals surface area (Å²) in [5, 5.41) is 16.6. The molecule has 1 rings (SSSR count). The van der Waals surface area contributed by atoms with E-state index in [0.29, 0.717) is 0 Å². The number of nitro groups is 1. The maximum absolute atomic E-state index is 12.4. The molecule has 12 heteroatoms. The van der Waals surface area contributed by atoms with E-state index in [4.69, 9.17) is 4.74 Å². The normalized spacial score (nSPS) is 12.7. The van der Waals surface area contributed by atoms with Crippen LogP contribution in [0.4, 0.5) is 10.5 Å². The number of carbonyl (C=O) groups is 2. The number of carbonyl (C=O) groups excluding carboxylic acids is 2. The molecule has 0 unspecified atom stereocenters. The van der Waals surface area contributed by atoms with Crippen molar-refractivity contribution in [1.82, 2.24) is 15.4 Å². The van der Waals surface area contributed by atoms with E-state index in [0.717, 1.165) is 12.1 Å². The second kappa shape index (κ2) is 8.77. The van der Waals surface area contributed by atoms with Gasteiger partial charge in [0.05, 0.1) is 4.92 Å². The van der Waals surface area contributed by atoms with Crippen LogP contribution in [-0.4, -0.2) is 50.6 Å². The number of sulfonamides is 1. The van der Waals surface area contributed by atoms with E-state index in [-0.39, 0.29) is 0 Å². The fourth-order valence-electron chi connectivity index (χ4n) is 1.91. The zero-order valence-electron chi connectivity index (χ0n) is 15.3. The number of ether oxygens (including phenoxy) is 1. The summed E-state index contributed by atoms with van der Waals surface area (Å²) in [6.45, 7) is 4.28. The molecule has 2 N–H and O–H groups in total. The molecule has 1 aromatic carbocycles. The largest absolute Gasteiger partial charge is 0.444 e. The van der Waals surface area contributed by atoms with Gasteiger partial charge in [-0.25, -0.2) is 17.9 Å². The molecule has 11 nitrogen and oxygen atoms in total. The van der Waals surface area contributed by atoms with Gasteiger partial charge < -0.3 is 10.1 Å². The fourth-order valence-corrected chi connectivity index (χ4v) is 3.13. The van der Waals surface area contributed by atoms with E-state index in [1.807, 2.05) is 0 Å². The van der Waals surface area contributed by atoms with E-state index in [1.54, 1.807) is 20.8 Å². The van der Waals surface area contributed by atoms with Gasteiger partial charge in [-0.15, -0.1) is 0 Å². The Kier molecular flexibility index (Phi) is 7.25. The molecule has 0 aliphatic carbocycles. The highest BCUT2D eigenvalue weighted by Gasteiger charge is 2.29. The summed E-state index contributed by atoms with van der Waals surface area (Å²) in [7, 11) is -3.14. The summed E-state index contributed by atoms with van der Waals surface area (Å²) < 4.78 is 31.9. The van der Waals surface area contributed by atoms with Gasteiger partial charge in [-0.2, -0.15) is 0 Å². The van der Waals surface area contributed by atoms with Gasteiger partial charge >= 0.3 is 6.09 Å². The average Bonchev–Trinajstić information content (AvgIpc) is 2.56. The minimum Gasteiger partial charge on any atom is -0.444 e. The number of rotatable bonds is 7. The minimum absolute atomic E-state index is 0.563. The van der Waals surface area contributed by atoms with Crippen molar-refractivity contribution in [2.24, 2.45) is 0 Å². The lowest BCUT2D eigenvalue weighted by atomic mass is 10.2. The molecule has 0 saturated heterocycles. The molecule has 0 aliphatic rings. The van der Waals surface area contributed by atoms with Crippen molar-refractivity contribution in [3.8, 4) is 0 Å². The number of likely N-dealkylation sites (N-methyl/N-ethyl adjacent to an activating group) is 1. The molecule has 2 amide bonds. The zero-order chi connectivity index (χ0) is 20.8. The van der Waals surface area contributed by atoms with E-state index < -0.39 is 55.7 Å². The number of alkyl carbamates (subject to hydrolysis) is 1. The van der Waals surface area contributed by atoms with Crippen LogP contribution in [0.25, 0.3) is 0 Å². The van der Waals surface area contributed by atoms with E-state index in [2.05, 4.69) is 15.4 Å². The van der Waals surface area contributed by atoms with Crippen molar-refractivity contribution in [3.05, 3.63) is 34.4 Å². The predicted octanol–water partition coefficient (Wildman–Crippen LogP) is 0.527. The number of nitrogens with one attached hydrogen (secondary N) is 2. The van der Waals surface area contributed by atoms with Crippen LogP contribution in [0.3, 0.4) is 0 Å². The molecule has 1 aromatic rings. The molecule has 0 aliphatic heterocycles. The van der Waals surface area contributed by atoms with Crippen molar-refractivity contribution in [3.63, 3.8) is 0 Å². The number of hydrogen-bond donors (Lipinski definition) is 2. The summed E-state index contributed by atoms with van der Waals surface area (Å²) in [6.07, 6.45) is -0.936. The molecule has 0 aromatic heterocycles. The van der Waals surface area contributed by atoms with Gasteiger partial charge in [-0.05, 0) is 26.8 Å². The maximum atomic E-state index is 12.4. The number of amides is 2. The lowest BCUT2D eigenvalue weighted by Gasteiger charge is -2.22. The molecule has 0 spiro atoms. The third kappa shape index (κ3) is 6.83. The van der Waals surface area contributed by atoms with Crippen LogP contribution in [-0.2, 0) is 19.6 Å². The molecular weight excluding hydrogens is 380 g/mol. The fraction of sp³-hybridized carbons (Fsp3) is 0.467. The Morgan fingerprint density at radius 2 is 1.89 bits per heavy atom. The molecular formula is C15H21N4O7S. The van der Waals surface area contributed by atoms with Crippen LogP contribution >= 0.6 is 0 Å². The van der Waals surface area contributed by atoms with Crippen LogP contribution in [0.2, 0.25) is 0 Å². The third-order valence-corrected chi connectivity index (χ3v) is 4.51. The number of hydrogen-bond acceptors (Lipinski definition) is 7. The van der Waals surface area contributed by atoms with E-state index >= 15 is 0 Å². The van der Waals surface area contributed by atoms with Gasteiger partial charge in [-0.1, -0.05) is 12.1 Å². The first-order valence-electron chi connectivity index (χ1n) is 7.73. The van der Waals surface area contributed by atoms with Crippen molar-refractivity contribution >= 4 is 27.7 Å². The van der Waals surface area contributed by atoms with E-state index in [1.165, 1.54) is 19.2 Å². The number of para-hydroxylation sites is 1. The summed E-state index contributed by atoms with van der Waals surface area (Å²) >= 11 is 0. The highest BCUT2D eigenvalue weighted by atomic mass is 32.2. The summed E-state index contributed by atoms with van der Waals surface area (Å²) in [4.78, 5) is 33.3. The second-order valence-corrected chi connectivity index (χ2v) is 8.07. The highest BCUT2D eigenvalue weighted by molar-refractivity contribution is 7.89. The van der Waals surface area contributed by atoms with Gasteiger partial charge in [0, 0.05) is 19.7 Å². The Bertz CT molecular complexity index is 818. The zero-order valence-corrected chi connectivity index (χ0v) is 16.1. The van der Waals surface area contributed by atoms with Crippen LogP contribution in [0.15, 0.2) is 29.2 Å². The molecule has 1 radical (unpaired) electrons. The van der Waals surface area contributed by atoms with Gasteiger partial charge in [0.1, 0.15) is 11.6 Å². The first-order valence-corrected chi connectivity index (χ1v) is 9.22. The Morgan fingerprint density at radius 3 is 2.41 bits per heavy atom. The van der Waals surface area contributed by atoms with Crippen molar-refractivity contribution in [2.75, 3.05) is 13.6 Å². The standard InChI is InChI=1S/C15H21N4O7S/c1-15(2,3)26-14(21)18-10(13(20)16-4)9-17-27(24,25)12-8-6-5-7-11(12)19(22)23/h5-8,10,17H,9H2,1-4H3,(H,18,21)/t10-/m0/s1. The van der Waals surface area contributed by atoms with E-state index in [9.17, 15) is 28.1 Å². The van der Waals surface area contributed by atoms with Crippen molar-refractivity contribution in [1.29, 1.82) is 0 Å². The Balaban J connectivity index is 2.96. The van der Waals surface area contributed by atoms with Crippen molar-refractivity contribution in [2.45, 2.75) is 37.3 Å². The summed E-state index contributed by atoms with van der Waals surface area (Å²) in [6, 6.07) is 3.40. The van der Waals surface area contributed by atoms with Crippen molar-refractivity contribution < 1.29 is 27.7 Å². The maximum Gasteiger partial charge on any atom is 0.408 e. The molecule has 0 heterocycles. The first-order chi connectivity index (χ1) is 12.4. The Hall–Kier alpha value is -2.73. The minimum atomic E-state index is -4.32. The topological polar surface area (TPSA) is 159 Å². The quantitative estimate of drug-likeness (QED) is 0.498. The number of nitrogens with zero attached hydrogens (tertiary/aromatic N) is 2. The highest BCUT2D eigenvalue weighted by Crippen LogP contribution is 2.22. The average molecular weight is 401 g/mol. The Labute approximate surface area is 156 Å². The van der Waals surface area contributed by atoms with Gasteiger partial charge in [-0.3, -0.25) is 20.2 Å².